The first-order valence-corrected chi connectivity index (χ1v) is 8.11. The van der Waals surface area contributed by atoms with E-state index in [1.165, 1.54) is 24.3 Å². The number of carbonyl (C=O) groups excluding carboxylic acids is 2. The smallest absolute Gasteiger partial charge is 0.338 e. The number of anilines is 1. The first kappa shape index (κ1) is 18.7. The van der Waals surface area contributed by atoms with Gasteiger partial charge in [0.25, 0.3) is 11.6 Å². The van der Waals surface area contributed by atoms with Gasteiger partial charge in [-0.05, 0) is 18.2 Å². The Balaban J connectivity index is 1.60. The summed E-state index contributed by atoms with van der Waals surface area (Å²) >= 11 is 11.9. The summed E-state index contributed by atoms with van der Waals surface area (Å²) in [5.74, 6) is -0.832. The molecule has 0 fully saturated rings. The van der Waals surface area contributed by atoms with Crippen molar-refractivity contribution in [3.8, 4) is 11.5 Å². The monoisotopic (exact) mass is 412 g/mol. The molecule has 3 rings (SSSR count). The number of carbonyl (C=O) groups is 2. The number of non-ortho nitro benzene ring substituents is 1. The summed E-state index contributed by atoms with van der Waals surface area (Å²) in [4.78, 5) is 34.1. The number of amides is 1. The van der Waals surface area contributed by atoms with Crippen LogP contribution in [0.2, 0.25) is 10.0 Å². The molecule has 1 N–H and O–H groups in total. The third-order valence-electron chi connectivity index (χ3n) is 3.43. The molecule has 1 aliphatic rings. The zero-order valence-electron chi connectivity index (χ0n) is 13.4. The van der Waals surface area contributed by atoms with E-state index in [0.29, 0.717) is 11.5 Å². The maximum Gasteiger partial charge on any atom is 0.338 e. The average Bonchev–Trinajstić information content (AvgIpc) is 3.10. The second kappa shape index (κ2) is 7.68. The number of fused-ring (bicyclic) bond motifs is 1. The lowest BCUT2D eigenvalue weighted by molar-refractivity contribution is -0.384. The van der Waals surface area contributed by atoms with E-state index in [-0.39, 0.29) is 33.8 Å². The van der Waals surface area contributed by atoms with E-state index in [4.69, 9.17) is 37.4 Å². The van der Waals surface area contributed by atoms with Gasteiger partial charge < -0.3 is 19.5 Å². The maximum atomic E-state index is 12.1. The fourth-order valence-electron chi connectivity index (χ4n) is 2.20. The van der Waals surface area contributed by atoms with Crippen molar-refractivity contribution in [2.45, 2.75) is 0 Å². The quantitative estimate of drug-likeness (QED) is 0.453. The van der Waals surface area contributed by atoms with E-state index in [1.807, 2.05) is 0 Å². The summed E-state index contributed by atoms with van der Waals surface area (Å²) < 4.78 is 15.2. The van der Waals surface area contributed by atoms with Crippen LogP contribution in [0.5, 0.6) is 11.5 Å². The number of esters is 1. The van der Waals surface area contributed by atoms with Gasteiger partial charge in [0.05, 0.1) is 26.2 Å². The minimum atomic E-state index is -0.792. The first-order valence-electron chi connectivity index (χ1n) is 7.35. The predicted octanol–water partition coefficient (Wildman–Crippen LogP) is 3.43. The number of nitro groups is 1. The number of hydrogen-bond acceptors (Lipinski definition) is 7. The highest BCUT2D eigenvalue weighted by Gasteiger charge is 2.22. The van der Waals surface area contributed by atoms with Crippen molar-refractivity contribution >= 4 is 46.5 Å². The fraction of sp³-hybridized carbons (Fsp3) is 0.125. The van der Waals surface area contributed by atoms with Gasteiger partial charge in [-0.2, -0.15) is 0 Å². The van der Waals surface area contributed by atoms with E-state index in [1.54, 1.807) is 0 Å². The molecule has 0 spiro atoms. The van der Waals surface area contributed by atoms with Gasteiger partial charge in [0.15, 0.2) is 18.1 Å². The summed E-state index contributed by atoms with van der Waals surface area (Å²) in [7, 11) is 0. The zero-order chi connectivity index (χ0) is 19.6. The van der Waals surface area contributed by atoms with Crippen LogP contribution in [0, 0.1) is 10.1 Å². The standard InChI is InChI=1S/C16H10Cl2N2O7/c17-10-5-9(20(23)24)1-2-12(10)19-14(21)6-25-16(22)8-3-11(18)15-13(4-8)26-7-27-15/h1-5H,6-7H2,(H,19,21). The SMILES string of the molecule is O=C(COC(=O)c1cc(Cl)c2c(c1)OCO2)Nc1ccc([N+](=O)[O-])cc1Cl. The number of rotatable bonds is 5. The van der Waals surface area contributed by atoms with Gasteiger partial charge in [-0.1, -0.05) is 23.2 Å². The number of halogens is 2. The zero-order valence-corrected chi connectivity index (χ0v) is 14.9. The van der Waals surface area contributed by atoms with Crippen molar-refractivity contribution in [2.75, 3.05) is 18.7 Å². The van der Waals surface area contributed by atoms with Crippen LogP contribution < -0.4 is 14.8 Å². The topological polar surface area (TPSA) is 117 Å². The van der Waals surface area contributed by atoms with Gasteiger partial charge in [-0.3, -0.25) is 14.9 Å². The van der Waals surface area contributed by atoms with E-state index in [2.05, 4.69) is 5.32 Å². The maximum absolute atomic E-state index is 12.1. The summed E-state index contributed by atoms with van der Waals surface area (Å²) in [6, 6.07) is 6.28. The molecule has 0 saturated heterocycles. The average molecular weight is 413 g/mol. The van der Waals surface area contributed by atoms with Gasteiger partial charge in [0, 0.05) is 12.1 Å². The van der Waals surface area contributed by atoms with E-state index >= 15 is 0 Å². The van der Waals surface area contributed by atoms with Crippen LogP contribution in [-0.4, -0.2) is 30.2 Å². The van der Waals surface area contributed by atoms with Crippen LogP contribution in [-0.2, 0) is 9.53 Å². The lowest BCUT2D eigenvalue weighted by atomic mass is 10.2. The van der Waals surface area contributed by atoms with Crippen molar-refractivity contribution in [1.82, 2.24) is 0 Å². The predicted molar refractivity (Wildman–Crippen MR) is 94.6 cm³/mol. The Morgan fingerprint density at radius 1 is 1.19 bits per heavy atom. The lowest BCUT2D eigenvalue weighted by Gasteiger charge is -2.09. The summed E-state index contributed by atoms with van der Waals surface area (Å²) in [6.45, 7) is -0.607. The summed E-state index contributed by atoms with van der Waals surface area (Å²) in [5.41, 5.74) is 0.0176. The van der Waals surface area contributed by atoms with Gasteiger partial charge in [-0.15, -0.1) is 0 Å². The van der Waals surface area contributed by atoms with Crippen LogP contribution in [0.3, 0.4) is 0 Å². The number of nitro benzene ring substituents is 1. The Morgan fingerprint density at radius 2 is 1.96 bits per heavy atom. The third kappa shape index (κ3) is 4.21. The molecular formula is C16H10Cl2N2O7. The van der Waals surface area contributed by atoms with E-state index < -0.39 is 23.4 Å². The van der Waals surface area contributed by atoms with Crippen molar-refractivity contribution in [2.24, 2.45) is 0 Å². The van der Waals surface area contributed by atoms with Gasteiger partial charge in [0.2, 0.25) is 6.79 Å². The van der Waals surface area contributed by atoms with Crippen molar-refractivity contribution in [3.63, 3.8) is 0 Å². The van der Waals surface area contributed by atoms with Crippen molar-refractivity contribution in [1.29, 1.82) is 0 Å². The van der Waals surface area contributed by atoms with Crippen LogP contribution in [0.4, 0.5) is 11.4 Å². The van der Waals surface area contributed by atoms with Crippen LogP contribution >= 0.6 is 23.2 Å². The Morgan fingerprint density at radius 3 is 2.67 bits per heavy atom. The van der Waals surface area contributed by atoms with E-state index in [9.17, 15) is 19.7 Å². The molecule has 11 heteroatoms. The number of hydrogen-bond donors (Lipinski definition) is 1. The lowest BCUT2D eigenvalue weighted by Crippen LogP contribution is -2.21. The molecule has 0 bridgehead atoms. The highest BCUT2D eigenvalue weighted by molar-refractivity contribution is 6.34. The molecule has 0 atom stereocenters. The molecule has 0 aliphatic carbocycles. The summed E-state index contributed by atoms with van der Waals surface area (Å²) in [5, 5.41) is 13.2. The second-order valence-electron chi connectivity index (χ2n) is 5.24. The Labute approximate surface area is 161 Å². The largest absolute Gasteiger partial charge is 0.454 e. The fourth-order valence-corrected chi connectivity index (χ4v) is 2.69. The molecule has 1 amide bonds. The highest BCUT2D eigenvalue weighted by atomic mass is 35.5. The number of benzene rings is 2. The highest BCUT2D eigenvalue weighted by Crippen LogP contribution is 2.39. The number of nitrogens with zero attached hydrogens (tertiary/aromatic N) is 1. The Hall–Kier alpha value is -3.04. The molecule has 0 radical (unpaired) electrons. The minimum absolute atomic E-state index is 0.00798. The molecule has 1 heterocycles. The molecule has 0 unspecified atom stereocenters. The second-order valence-corrected chi connectivity index (χ2v) is 6.05. The third-order valence-corrected chi connectivity index (χ3v) is 4.03. The number of nitrogens with one attached hydrogen (secondary N) is 1. The molecule has 140 valence electrons. The van der Waals surface area contributed by atoms with Crippen LogP contribution in [0.15, 0.2) is 30.3 Å². The van der Waals surface area contributed by atoms with Gasteiger partial charge >= 0.3 is 5.97 Å². The minimum Gasteiger partial charge on any atom is -0.454 e. The molecule has 2 aromatic rings. The molecule has 0 saturated carbocycles. The molecule has 0 aromatic heterocycles. The Kier molecular flexibility index (Phi) is 5.33. The first-order chi connectivity index (χ1) is 12.8. The summed E-state index contributed by atoms with van der Waals surface area (Å²) in [6.07, 6.45) is 0. The van der Waals surface area contributed by atoms with E-state index in [0.717, 1.165) is 6.07 Å². The van der Waals surface area contributed by atoms with Gasteiger partial charge in [0.1, 0.15) is 0 Å². The normalized spacial score (nSPS) is 11.8. The molecule has 27 heavy (non-hydrogen) atoms. The molecular weight excluding hydrogens is 403 g/mol. The molecule has 9 nitrogen and oxygen atoms in total. The van der Waals surface area contributed by atoms with Crippen LogP contribution in [0.1, 0.15) is 10.4 Å². The molecule has 1 aliphatic heterocycles. The Bertz CT molecular complexity index is 949. The molecule has 2 aromatic carbocycles. The number of ether oxygens (including phenoxy) is 3. The van der Waals surface area contributed by atoms with Gasteiger partial charge in [-0.25, -0.2) is 4.79 Å². The van der Waals surface area contributed by atoms with Crippen LogP contribution in [0.25, 0.3) is 0 Å². The van der Waals surface area contributed by atoms with Crippen molar-refractivity contribution in [3.05, 3.63) is 56.1 Å². The van der Waals surface area contributed by atoms with Crippen molar-refractivity contribution < 1.29 is 28.7 Å².